The van der Waals surface area contributed by atoms with Crippen molar-refractivity contribution < 1.29 is 28.2 Å². The number of fused-ring (bicyclic) bond motifs is 1. The quantitative estimate of drug-likeness (QED) is 0.555. The number of urea groups is 1. The summed E-state index contributed by atoms with van der Waals surface area (Å²) in [5, 5.41) is 5.75. The number of hydrogen-bond acceptors (Lipinski definition) is 5. The molecule has 1 fully saturated rings. The van der Waals surface area contributed by atoms with Gasteiger partial charge in [0.05, 0.1) is 19.4 Å². The predicted molar refractivity (Wildman–Crippen MR) is 119 cm³/mol. The molecule has 1 aromatic rings. The molecule has 0 saturated heterocycles. The van der Waals surface area contributed by atoms with Gasteiger partial charge in [-0.25, -0.2) is 4.79 Å². The summed E-state index contributed by atoms with van der Waals surface area (Å²) in [6, 6.07) is 3.14. The third-order valence-electron chi connectivity index (χ3n) is 6.15. The zero-order chi connectivity index (χ0) is 23.2. The largest absolute Gasteiger partial charge is 0.501 e. The van der Waals surface area contributed by atoms with Crippen LogP contribution in [0.2, 0.25) is 0 Å². The van der Waals surface area contributed by atoms with Gasteiger partial charge in [-0.2, -0.15) is 14.3 Å². The van der Waals surface area contributed by atoms with E-state index in [9.17, 15) is 19.2 Å². The van der Waals surface area contributed by atoms with Crippen molar-refractivity contribution in [1.82, 2.24) is 15.5 Å². The molecule has 2 N–H and O–H groups in total. The Morgan fingerprint density at radius 2 is 1.97 bits per heavy atom. The van der Waals surface area contributed by atoms with Gasteiger partial charge in [0.15, 0.2) is 6.54 Å². The summed E-state index contributed by atoms with van der Waals surface area (Å²) in [4.78, 5) is 52.1. The summed E-state index contributed by atoms with van der Waals surface area (Å²) < 4.78 is 6.56. The molecule has 1 aromatic heterocycles. The number of rotatable bonds is 9. The summed E-state index contributed by atoms with van der Waals surface area (Å²) in [6.45, 7) is 0.259. The summed E-state index contributed by atoms with van der Waals surface area (Å²) in [6.07, 6.45) is 13.1. The molecule has 2 aliphatic carbocycles. The van der Waals surface area contributed by atoms with Gasteiger partial charge in [-0.05, 0) is 37.5 Å². The van der Waals surface area contributed by atoms with Gasteiger partial charge in [-0.15, -0.1) is 0 Å². The van der Waals surface area contributed by atoms with Crippen LogP contribution >= 0.6 is 0 Å². The minimum absolute atomic E-state index is 0.105. The highest BCUT2D eigenvalue weighted by atomic mass is 16.3. The summed E-state index contributed by atoms with van der Waals surface area (Å²) >= 11 is 0. The Hall–Kier alpha value is -3.49. The molecule has 4 rings (SSSR count). The number of imide groups is 1. The van der Waals surface area contributed by atoms with Crippen molar-refractivity contribution in [3.63, 3.8) is 0 Å². The molecule has 1 saturated carbocycles. The van der Waals surface area contributed by atoms with E-state index in [0.717, 1.165) is 30.6 Å². The van der Waals surface area contributed by atoms with Gasteiger partial charge >= 0.3 is 11.9 Å². The molecule has 5 amide bonds. The van der Waals surface area contributed by atoms with Crippen LogP contribution in [-0.2, 0) is 20.9 Å². The first-order valence-corrected chi connectivity index (χ1v) is 11.5. The van der Waals surface area contributed by atoms with Crippen LogP contribution in [0.15, 0.2) is 47.1 Å². The third kappa shape index (κ3) is 5.47. The maximum Gasteiger partial charge on any atom is 0.501 e. The molecule has 0 aromatic carbocycles. The van der Waals surface area contributed by atoms with E-state index < -0.39 is 11.9 Å². The number of carbonyl (C=O) groups is 4. The molecule has 33 heavy (non-hydrogen) atoms. The van der Waals surface area contributed by atoms with Gasteiger partial charge in [-0.3, -0.25) is 9.59 Å². The molecular weight excluding hydrogens is 424 g/mol. The van der Waals surface area contributed by atoms with Gasteiger partial charge in [0.2, 0.25) is 5.91 Å². The Labute approximate surface area is 192 Å². The van der Waals surface area contributed by atoms with E-state index in [0.29, 0.717) is 17.9 Å². The fourth-order valence-corrected chi connectivity index (χ4v) is 4.45. The van der Waals surface area contributed by atoms with E-state index in [1.807, 2.05) is 0 Å². The normalized spacial score (nSPS) is 20.4. The lowest BCUT2D eigenvalue weighted by molar-refractivity contribution is -0.428. The molecular formula is C24H29N4O5+. The molecule has 2 heterocycles. The molecule has 174 valence electrons. The van der Waals surface area contributed by atoms with E-state index in [-0.39, 0.29) is 49.8 Å². The third-order valence-corrected chi connectivity index (χ3v) is 6.15. The van der Waals surface area contributed by atoms with Crippen LogP contribution in [0.4, 0.5) is 4.79 Å². The van der Waals surface area contributed by atoms with Crippen molar-refractivity contribution >= 4 is 29.5 Å². The van der Waals surface area contributed by atoms with Gasteiger partial charge in [0.1, 0.15) is 17.4 Å². The molecule has 0 bridgehead atoms. The second-order valence-corrected chi connectivity index (χ2v) is 8.51. The van der Waals surface area contributed by atoms with Crippen molar-refractivity contribution in [1.29, 1.82) is 0 Å². The number of nitrogens with zero attached hydrogens (tertiary/aromatic N) is 2. The predicted octanol–water partition coefficient (Wildman–Crippen LogP) is 1.89. The van der Waals surface area contributed by atoms with Crippen molar-refractivity contribution in [2.75, 3.05) is 13.1 Å². The molecule has 0 radical (unpaired) electrons. The molecule has 9 nitrogen and oxygen atoms in total. The lowest BCUT2D eigenvalue weighted by atomic mass is 9.94. The van der Waals surface area contributed by atoms with Crippen LogP contribution in [0, 0.1) is 5.92 Å². The average Bonchev–Trinajstić information content (AvgIpc) is 3.52. The lowest BCUT2D eigenvalue weighted by Gasteiger charge is -2.26. The molecule has 1 atom stereocenters. The fraction of sp³-hybridized carbons (Fsp3) is 0.458. The zero-order valence-corrected chi connectivity index (χ0v) is 18.5. The number of amides is 5. The molecule has 1 aliphatic heterocycles. The van der Waals surface area contributed by atoms with Gasteiger partial charge in [0, 0.05) is 12.5 Å². The highest BCUT2D eigenvalue weighted by Gasteiger charge is 2.47. The van der Waals surface area contributed by atoms with Crippen LogP contribution < -0.4 is 10.6 Å². The number of carbonyl (C=O) groups excluding carboxylic acids is 4. The van der Waals surface area contributed by atoms with E-state index in [1.165, 1.54) is 10.8 Å². The minimum Gasteiger partial charge on any atom is -0.467 e. The number of hydrogen-bond donors (Lipinski definition) is 2. The highest BCUT2D eigenvalue weighted by Crippen LogP contribution is 2.21. The van der Waals surface area contributed by atoms with Crippen molar-refractivity contribution in [2.45, 2.75) is 51.1 Å². The van der Waals surface area contributed by atoms with Gasteiger partial charge in [0.25, 0.3) is 5.91 Å². The second kappa shape index (κ2) is 10.4. The standard InChI is InChI=1S/C24H28N4O5/c29-21(25-15-18-9-6-14-33-18)12-5-13-27-23(31)19-10-3-4-11-20(19)28(24(27)32)16-22(30)26-17-7-1-2-8-17/h3-4,6,9-11,14,17,19H,1-2,5,7-8,12-13,15-16H2,(H-,25,26,29,30)/p+1. The number of furan rings is 1. The first-order chi connectivity index (χ1) is 16.0. The van der Waals surface area contributed by atoms with Crippen LogP contribution in [-0.4, -0.2) is 58.1 Å². The van der Waals surface area contributed by atoms with E-state index in [1.54, 1.807) is 36.4 Å². The molecule has 3 aliphatic rings. The molecule has 9 heteroatoms. The number of allylic oxidation sites excluding steroid dienone is 3. The average molecular weight is 454 g/mol. The van der Waals surface area contributed by atoms with Crippen LogP contribution in [0.1, 0.15) is 44.3 Å². The van der Waals surface area contributed by atoms with Gasteiger partial charge in [-0.1, -0.05) is 31.1 Å². The Bertz CT molecular complexity index is 1000. The monoisotopic (exact) mass is 453 g/mol. The Kier molecular flexibility index (Phi) is 7.16. The van der Waals surface area contributed by atoms with Crippen LogP contribution in [0.25, 0.3) is 0 Å². The zero-order valence-electron chi connectivity index (χ0n) is 18.5. The van der Waals surface area contributed by atoms with Crippen molar-refractivity contribution in [3.05, 3.63) is 48.5 Å². The molecule has 0 spiro atoms. The molecule has 1 unspecified atom stereocenters. The van der Waals surface area contributed by atoms with E-state index in [2.05, 4.69) is 10.6 Å². The van der Waals surface area contributed by atoms with Crippen LogP contribution in [0.5, 0.6) is 0 Å². The maximum absolute atomic E-state index is 13.2. The highest BCUT2D eigenvalue weighted by molar-refractivity contribution is 6.16. The van der Waals surface area contributed by atoms with E-state index >= 15 is 0 Å². The van der Waals surface area contributed by atoms with Crippen LogP contribution in [0.3, 0.4) is 0 Å². The minimum atomic E-state index is -0.611. The second-order valence-electron chi connectivity index (χ2n) is 8.51. The smallest absolute Gasteiger partial charge is 0.467 e. The Morgan fingerprint density at radius 1 is 1.15 bits per heavy atom. The topological polar surface area (TPSA) is 112 Å². The lowest BCUT2D eigenvalue weighted by Crippen LogP contribution is -2.56. The summed E-state index contributed by atoms with van der Waals surface area (Å²) in [5.41, 5.74) is 0.515. The fourth-order valence-electron chi connectivity index (χ4n) is 4.45. The van der Waals surface area contributed by atoms with Crippen molar-refractivity contribution in [2.24, 2.45) is 5.92 Å². The van der Waals surface area contributed by atoms with Gasteiger partial charge < -0.3 is 15.1 Å². The summed E-state index contributed by atoms with van der Waals surface area (Å²) in [5.74, 6) is -0.713. The first kappa shape index (κ1) is 22.7. The Morgan fingerprint density at radius 3 is 2.73 bits per heavy atom. The first-order valence-electron chi connectivity index (χ1n) is 11.5. The maximum atomic E-state index is 13.2. The summed E-state index contributed by atoms with van der Waals surface area (Å²) in [7, 11) is 0. The Balaban J connectivity index is 1.37. The van der Waals surface area contributed by atoms with E-state index in [4.69, 9.17) is 4.42 Å². The number of nitrogens with one attached hydrogen (secondary N) is 2. The SMILES string of the molecule is O=C(CCCN1C(=O)C2C=CC=CC2=[N+](CC(=O)NC2CCCC2)C1=O)NCc1ccco1. The van der Waals surface area contributed by atoms with Crippen molar-refractivity contribution in [3.8, 4) is 0 Å².